The normalized spacial score (nSPS) is 18.3. The lowest BCUT2D eigenvalue weighted by Gasteiger charge is -2.21. The summed E-state index contributed by atoms with van der Waals surface area (Å²) >= 11 is 0. The summed E-state index contributed by atoms with van der Waals surface area (Å²) in [5, 5.41) is 2.85. The Labute approximate surface area is 122 Å². The standard InChI is InChI=1S/C13H16ClNO4S/c1-13(2,3)12(16)15-10-7-19-11-5-4-8(6-9(10)11)20(14,17)18/h4-6,10H,7H2,1-3H3,(H,15,16). The largest absolute Gasteiger partial charge is 0.491 e. The smallest absolute Gasteiger partial charge is 0.261 e. The van der Waals surface area contributed by atoms with Gasteiger partial charge in [-0.3, -0.25) is 4.79 Å². The van der Waals surface area contributed by atoms with Gasteiger partial charge in [-0.2, -0.15) is 0 Å². The average molecular weight is 318 g/mol. The third-order valence-corrected chi connectivity index (χ3v) is 4.38. The van der Waals surface area contributed by atoms with Gasteiger partial charge in [0.1, 0.15) is 12.4 Å². The van der Waals surface area contributed by atoms with Crippen LogP contribution in [0.4, 0.5) is 0 Å². The van der Waals surface area contributed by atoms with Crippen LogP contribution < -0.4 is 10.1 Å². The fourth-order valence-electron chi connectivity index (χ4n) is 1.84. The van der Waals surface area contributed by atoms with Crippen molar-refractivity contribution >= 4 is 25.6 Å². The Hall–Kier alpha value is -1.27. The number of halogens is 1. The van der Waals surface area contributed by atoms with Gasteiger partial charge in [-0.15, -0.1) is 0 Å². The van der Waals surface area contributed by atoms with Gasteiger partial charge >= 0.3 is 0 Å². The summed E-state index contributed by atoms with van der Waals surface area (Å²) in [5.41, 5.74) is 0.100. The maximum atomic E-state index is 12.0. The zero-order valence-corrected chi connectivity index (χ0v) is 13.0. The number of fused-ring (bicyclic) bond motifs is 1. The summed E-state index contributed by atoms with van der Waals surface area (Å²) in [6.07, 6.45) is 0. The Morgan fingerprint density at radius 1 is 1.40 bits per heavy atom. The van der Waals surface area contributed by atoms with E-state index in [0.717, 1.165) is 0 Å². The van der Waals surface area contributed by atoms with Gasteiger partial charge in [0.05, 0.1) is 10.9 Å². The van der Waals surface area contributed by atoms with Crippen molar-refractivity contribution in [1.82, 2.24) is 5.32 Å². The molecule has 0 radical (unpaired) electrons. The molecule has 1 amide bonds. The van der Waals surface area contributed by atoms with Gasteiger partial charge in [-0.05, 0) is 18.2 Å². The predicted octanol–water partition coefficient (Wildman–Crippen LogP) is 2.21. The maximum absolute atomic E-state index is 12.0. The van der Waals surface area contributed by atoms with Crippen molar-refractivity contribution in [3.63, 3.8) is 0 Å². The molecule has 0 saturated heterocycles. The zero-order valence-electron chi connectivity index (χ0n) is 11.4. The molecule has 20 heavy (non-hydrogen) atoms. The summed E-state index contributed by atoms with van der Waals surface area (Å²) in [7, 11) is 1.53. The minimum Gasteiger partial charge on any atom is -0.491 e. The van der Waals surface area contributed by atoms with Crippen LogP contribution in [0.1, 0.15) is 32.4 Å². The van der Waals surface area contributed by atoms with E-state index in [1.54, 1.807) is 26.8 Å². The van der Waals surface area contributed by atoms with Gasteiger partial charge in [0.2, 0.25) is 5.91 Å². The molecule has 5 nitrogen and oxygen atoms in total. The van der Waals surface area contributed by atoms with Crippen molar-refractivity contribution < 1.29 is 17.9 Å². The first-order valence-corrected chi connectivity index (χ1v) is 8.42. The third kappa shape index (κ3) is 3.07. The molecule has 1 aliphatic heterocycles. The van der Waals surface area contributed by atoms with Crippen LogP contribution in [0.2, 0.25) is 0 Å². The Morgan fingerprint density at radius 2 is 2.05 bits per heavy atom. The van der Waals surface area contributed by atoms with Gasteiger partial charge in [0, 0.05) is 21.7 Å². The molecule has 0 bridgehead atoms. The lowest BCUT2D eigenvalue weighted by Crippen LogP contribution is -2.38. The predicted molar refractivity (Wildman–Crippen MR) is 75.3 cm³/mol. The highest BCUT2D eigenvalue weighted by molar-refractivity contribution is 8.13. The molecular formula is C13H16ClNO4S. The molecule has 0 aliphatic carbocycles. The molecule has 1 aromatic rings. The van der Waals surface area contributed by atoms with Gasteiger partial charge in [0.25, 0.3) is 9.05 Å². The maximum Gasteiger partial charge on any atom is 0.261 e. The number of nitrogens with one attached hydrogen (secondary N) is 1. The third-order valence-electron chi connectivity index (χ3n) is 3.03. The number of amides is 1. The van der Waals surface area contributed by atoms with Crippen molar-refractivity contribution in [3.8, 4) is 5.75 Å². The summed E-state index contributed by atoms with van der Waals surface area (Å²) in [5.74, 6) is 0.436. The molecule has 1 aliphatic rings. The average Bonchev–Trinajstić information content (AvgIpc) is 2.69. The van der Waals surface area contributed by atoms with Crippen LogP contribution in [0.25, 0.3) is 0 Å². The SMILES string of the molecule is CC(C)(C)C(=O)NC1COc2ccc(S(=O)(=O)Cl)cc21. The fourth-order valence-corrected chi connectivity index (χ4v) is 2.63. The molecule has 1 heterocycles. The van der Waals surface area contributed by atoms with Crippen molar-refractivity contribution in [2.45, 2.75) is 31.7 Å². The minimum absolute atomic E-state index is 0.00146. The van der Waals surface area contributed by atoms with Gasteiger partial charge in [-0.1, -0.05) is 20.8 Å². The van der Waals surface area contributed by atoms with Crippen LogP contribution in [0, 0.1) is 5.41 Å². The summed E-state index contributed by atoms with van der Waals surface area (Å²) < 4.78 is 28.2. The number of carbonyl (C=O) groups is 1. The quantitative estimate of drug-likeness (QED) is 0.849. The molecule has 0 fully saturated rings. The van der Waals surface area contributed by atoms with Crippen LogP contribution in [0.15, 0.2) is 23.1 Å². The van der Waals surface area contributed by atoms with E-state index in [-0.39, 0.29) is 23.5 Å². The van der Waals surface area contributed by atoms with E-state index in [1.165, 1.54) is 12.1 Å². The number of benzene rings is 1. The molecule has 2 rings (SSSR count). The first-order chi connectivity index (χ1) is 9.09. The number of hydrogen-bond acceptors (Lipinski definition) is 4. The highest BCUT2D eigenvalue weighted by Crippen LogP contribution is 2.35. The molecule has 7 heteroatoms. The molecule has 1 N–H and O–H groups in total. The molecule has 1 atom stereocenters. The van der Waals surface area contributed by atoms with E-state index >= 15 is 0 Å². The molecule has 0 aromatic heterocycles. The molecule has 1 aromatic carbocycles. The Bertz CT molecular complexity index is 649. The second-order valence-corrected chi connectivity index (χ2v) is 8.29. The zero-order chi connectivity index (χ0) is 15.1. The summed E-state index contributed by atoms with van der Waals surface area (Å²) in [6.45, 7) is 5.69. The van der Waals surface area contributed by atoms with Crippen LogP contribution >= 0.6 is 10.7 Å². The second-order valence-electron chi connectivity index (χ2n) is 5.72. The van der Waals surface area contributed by atoms with Crippen LogP contribution in [-0.4, -0.2) is 20.9 Å². The van der Waals surface area contributed by atoms with Crippen LogP contribution in [0.5, 0.6) is 5.75 Å². The van der Waals surface area contributed by atoms with Crippen LogP contribution in [0.3, 0.4) is 0 Å². The van der Waals surface area contributed by atoms with Gasteiger partial charge < -0.3 is 10.1 Å². The second kappa shape index (κ2) is 4.93. The Morgan fingerprint density at radius 3 is 2.60 bits per heavy atom. The van der Waals surface area contributed by atoms with Gasteiger partial charge in [0.15, 0.2) is 0 Å². The lowest BCUT2D eigenvalue weighted by molar-refractivity contribution is -0.129. The van der Waals surface area contributed by atoms with Crippen molar-refractivity contribution in [3.05, 3.63) is 23.8 Å². The summed E-state index contributed by atoms with van der Waals surface area (Å²) in [6, 6.07) is 4.01. The van der Waals surface area contributed by atoms with Crippen molar-refractivity contribution in [2.24, 2.45) is 5.41 Å². The van der Waals surface area contributed by atoms with E-state index in [0.29, 0.717) is 11.3 Å². The molecule has 0 spiro atoms. The van der Waals surface area contributed by atoms with Gasteiger partial charge in [-0.25, -0.2) is 8.42 Å². The van der Waals surface area contributed by atoms with Crippen molar-refractivity contribution in [1.29, 1.82) is 0 Å². The van der Waals surface area contributed by atoms with E-state index in [9.17, 15) is 13.2 Å². The summed E-state index contributed by atoms with van der Waals surface area (Å²) in [4.78, 5) is 12.0. The number of hydrogen-bond donors (Lipinski definition) is 1. The Balaban J connectivity index is 2.30. The molecule has 1 unspecified atom stereocenters. The molecular weight excluding hydrogens is 302 g/mol. The monoisotopic (exact) mass is 317 g/mol. The lowest BCUT2D eigenvalue weighted by atomic mass is 9.95. The van der Waals surface area contributed by atoms with E-state index < -0.39 is 14.5 Å². The number of carbonyl (C=O) groups excluding carboxylic acids is 1. The first kappa shape index (κ1) is 15.1. The van der Waals surface area contributed by atoms with E-state index in [1.807, 2.05) is 0 Å². The number of rotatable bonds is 2. The van der Waals surface area contributed by atoms with Crippen molar-refractivity contribution in [2.75, 3.05) is 6.61 Å². The van der Waals surface area contributed by atoms with E-state index in [2.05, 4.69) is 5.32 Å². The van der Waals surface area contributed by atoms with Crippen LogP contribution in [-0.2, 0) is 13.8 Å². The Kier molecular flexibility index (Phi) is 3.73. The minimum atomic E-state index is -3.80. The molecule has 110 valence electrons. The highest BCUT2D eigenvalue weighted by atomic mass is 35.7. The number of ether oxygens (including phenoxy) is 1. The highest BCUT2D eigenvalue weighted by Gasteiger charge is 2.30. The topological polar surface area (TPSA) is 72.5 Å². The molecule has 0 saturated carbocycles. The first-order valence-electron chi connectivity index (χ1n) is 6.11. The fraction of sp³-hybridized carbons (Fsp3) is 0.462. The van der Waals surface area contributed by atoms with E-state index in [4.69, 9.17) is 15.4 Å².